The van der Waals surface area contributed by atoms with Crippen molar-refractivity contribution in [1.82, 2.24) is 0 Å². The van der Waals surface area contributed by atoms with Gasteiger partial charge in [0.2, 0.25) is 5.91 Å². The van der Waals surface area contributed by atoms with Crippen LogP contribution in [0.2, 0.25) is 0 Å². The number of ether oxygens (including phenoxy) is 1. The van der Waals surface area contributed by atoms with Crippen LogP contribution in [0.5, 0.6) is 0 Å². The van der Waals surface area contributed by atoms with Crippen molar-refractivity contribution in [2.24, 2.45) is 5.73 Å². The predicted octanol–water partition coefficient (Wildman–Crippen LogP) is 2.28. The van der Waals surface area contributed by atoms with Gasteiger partial charge in [0.1, 0.15) is 0 Å². The molecule has 6 nitrogen and oxygen atoms in total. The second kappa shape index (κ2) is 9.40. The number of esters is 1. The van der Waals surface area contributed by atoms with Crippen LogP contribution in [0.15, 0.2) is 64.4 Å². The van der Waals surface area contributed by atoms with Crippen LogP contribution >= 0.6 is 11.8 Å². The summed E-state index contributed by atoms with van der Waals surface area (Å²) in [5.74, 6) is -1.10. The highest BCUT2D eigenvalue weighted by atomic mass is 32.2. The molecule has 0 aliphatic carbocycles. The van der Waals surface area contributed by atoms with Gasteiger partial charge >= 0.3 is 5.97 Å². The van der Waals surface area contributed by atoms with Gasteiger partial charge in [0, 0.05) is 4.90 Å². The minimum atomic E-state index is -3.40. The number of carbonyl (C=O) groups excluding carboxylic acids is 2. The summed E-state index contributed by atoms with van der Waals surface area (Å²) in [5.41, 5.74) is 5.44. The zero-order valence-electron chi connectivity index (χ0n) is 14.0. The van der Waals surface area contributed by atoms with Crippen molar-refractivity contribution in [1.29, 1.82) is 0 Å². The van der Waals surface area contributed by atoms with Crippen molar-refractivity contribution in [2.45, 2.75) is 16.2 Å². The fourth-order valence-corrected chi connectivity index (χ4v) is 4.23. The van der Waals surface area contributed by atoms with Gasteiger partial charge in [-0.2, -0.15) is 0 Å². The van der Waals surface area contributed by atoms with E-state index >= 15 is 0 Å². The van der Waals surface area contributed by atoms with Crippen molar-refractivity contribution < 1.29 is 22.7 Å². The number of thioether (sulfide) groups is 1. The molecule has 0 saturated carbocycles. The standard InChI is InChI=1S/C18H19NO5S2/c19-17(20)13-25-16-10-5-4-9-15(16)18(21)24-11-6-12-26(22,23)14-7-2-1-3-8-14/h1-5,7-10H,6,11-13H2,(H2,19,20). The highest BCUT2D eigenvalue weighted by molar-refractivity contribution is 8.00. The predicted molar refractivity (Wildman–Crippen MR) is 99.8 cm³/mol. The number of rotatable bonds is 9. The third-order valence-electron chi connectivity index (χ3n) is 3.37. The van der Waals surface area contributed by atoms with E-state index in [4.69, 9.17) is 10.5 Å². The molecule has 0 fully saturated rings. The summed E-state index contributed by atoms with van der Waals surface area (Å²) in [6, 6.07) is 14.9. The third kappa shape index (κ3) is 5.89. The van der Waals surface area contributed by atoms with Gasteiger partial charge in [-0.25, -0.2) is 13.2 Å². The topological polar surface area (TPSA) is 104 Å². The highest BCUT2D eigenvalue weighted by Gasteiger charge is 2.16. The van der Waals surface area contributed by atoms with E-state index in [1.807, 2.05) is 0 Å². The van der Waals surface area contributed by atoms with Crippen molar-refractivity contribution in [3.05, 3.63) is 60.2 Å². The molecule has 0 aromatic heterocycles. The molecule has 0 unspecified atom stereocenters. The molecule has 8 heteroatoms. The quantitative estimate of drug-likeness (QED) is 0.398. The van der Waals surface area contributed by atoms with Crippen molar-refractivity contribution in [2.75, 3.05) is 18.1 Å². The molecule has 0 heterocycles. The smallest absolute Gasteiger partial charge is 0.339 e. The van der Waals surface area contributed by atoms with Gasteiger partial charge < -0.3 is 10.5 Å². The zero-order chi connectivity index (χ0) is 19.0. The molecule has 0 saturated heterocycles. The Morgan fingerprint density at radius 3 is 2.35 bits per heavy atom. The molecule has 0 bridgehead atoms. The van der Waals surface area contributed by atoms with Crippen LogP contribution in [0.1, 0.15) is 16.8 Å². The third-order valence-corrected chi connectivity index (χ3v) is 6.28. The number of amides is 1. The maximum absolute atomic E-state index is 12.2. The number of carbonyl (C=O) groups is 2. The molecule has 2 rings (SSSR count). The van der Waals surface area contributed by atoms with Crippen LogP contribution < -0.4 is 5.73 Å². The summed E-state index contributed by atoms with van der Waals surface area (Å²) >= 11 is 1.15. The number of nitrogens with two attached hydrogens (primary N) is 1. The number of benzene rings is 2. The second-order valence-electron chi connectivity index (χ2n) is 5.37. The second-order valence-corrected chi connectivity index (χ2v) is 8.50. The maximum Gasteiger partial charge on any atom is 0.339 e. The highest BCUT2D eigenvalue weighted by Crippen LogP contribution is 2.23. The van der Waals surface area contributed by atoms with Crippen LogP contribution in [-0.2, 0) is 19.4 Å². The number of hydrogen-bond donors (Lipinski definition) is 1. The van der Waals surface area contributed by atoms with Crippen molar-refractivity contribution in [3.63, 3.8) is 0 Å². The first-order chi connectivity index (χ1) is 12.4. The first kappa shape index (κ1) is 20.0. The molecule has 2 aromatic rings. The SMILES string of the molecule is NC(=O)CSc1ccccc1C(=O)OCCCS(=O)(=O)c1ccccc1. The molecule has 0 aliphatic rings. The summed E-state index contributed by atoms with van der Waals surface area (Å²) in [6.45, 7) is -0.0142. The van der Waals surface area contributed by atoms with Crippen LogP contribution in [0.3, 0.4) is 0 Å². The average molecular weight is 393 g/mol. The number of hydrogen-bond acceptors (Lipinski definition) is 6. The van der Waals surface area contributed by atoms with E-state index in [2.05, 4.69) is 0 Å². The summed E-state index contributed by atoms with van der Waals surface area (Å²) in [4.78, 5) is 23.9. The minimum Gasteiger partial charge on any atom is -0.462 e. The molecule has 1 amide bonds. The molecule has 0 radical (unpaired) electrons. The molecule has 2 N–H and O–H groups in total. The van der Waals surface area contributed by atoms with Gasteiger partial charge in [0.25, 0.3) is 0 Å². The van der Waals surface area contributed by atoms with Gasteiger partial charge in [0.15, 0.2) is 9.84 Å². The van der Waals surface area contributed by atoms with E-state index in [0.717, 1.165) is 11.8 Å². The van der Waals surface area contributed by atoms with E-state index < -0.39 is 21.7 Å². The number of primary amides is 1. The van der Waals surface area contributed by atoms with Gasteiger partial charge in [-0.3, -0.25) is 4.79 Å². The Morgan fingerprint density at radius 2 is 1.65 bits per heavy atom. The Morgan fingerprint density at radius 1 is 1.00 bits per heavy atom. The molecule has 26 heavy (non-hydrogen) atoms. The van der Waals surface area contributed by atoms with E-state index in [0.29, 0.717) is 10.5 Å². The lowest BCUT2D eigenvalue weighted by atomic mass is 10.2. The van der Waals surface area contributed by atoms with E-state index in [1.165, 1.54) is 12.1 Å². The summed E-state index contributed by atoms with van der Waals surface area (Å²) in [5, 5.41) is 0. The van der Waals surface area contributed by atoms with E-state index in [-0.39, 0.29) is 29.4 Å². The molecule has 0 aliphatic heterocycles. The van der Waals surface area contributed by atoms with E-state index in [1.54, 1.807) is 42.5 Å². The van der Waals surface area contributed by atoms with Crippen molar-refractivity contribution in [3.8, 4) is 0 Å². The van der Waals surface area contributed by atoms with Crippen molar-refractivity contribution >= 4 is 33.5 Å². The van der Waals surface area contributed by atoms with E-state index in [9.17, 15) is 18.0 Å². The van der Waals surface area contributed by atoms with Gasteiger partial charge in [-0.05, 0) is 30.7 Å². The Bertz CT molecular complexity index is 866. The fourth-order valence-electron chi connectivity index (χ4n) is 2.15. The molecule has 0 spiro atoms. The van der Waals surface area contributed by atoms with Gasteiger partial charge in [-0.1, -0.05) is 30.3 Å². The molecular formula is C18H19NO5S2. The molecule has 138 valence electrons. The van der Waals surface area contributed by atoms with Crippen LogP contribution in [0.4, 0.5) is 0 Å². The minimum absolute atomic E-state index is 0.0142. The molecule has 0 atom stereocenters. The Labute approximate surface area is 156 Å². The lowest BCUT2D eigenvalue weighted by Crippen LogP contribution is -2.14. The lowest BCUT2D eigenvalue weighted by Gasteiger charge is -2.09. The van der Waals surface area contributed by atoms with Gasteiger partial charge in [-0.15, -0.1) is 11.8 Å². The zero-order valence-corrected chi connectivity index (χ0v) is 15.6. The normalized spacial score (nSPS) is 11.1. The fraction of sp³-hybridized carbons (Fsp3) is 0.222. The Kier molecular flexibility index (Phi) is 7.23. The monoisotopic (exact) mass is 393 g/mol. The molecular weight excluding hydrogens is 374 g/mol. The van der Waals surface area contributed by atoms with Crippen LogP contribution in [0, 0.1) is 0 Å². The number of sulfone groups is 1. The van der Waals surface area contributed by atoms with Gasteiger partial charge in [0.05, 0.1) is 28.6 Å². The Hall–Kier alpha value is -2.32. The first-order valence-corrected chi connectivity index (χ1v) is 10.5. The largest absolute Gasteiger partial charge is 0.462 e. The molecule has 2 aromatic carbocycles. The maximum atomic E-state index is 12.2. The first-order valence-electron chi connectivity index (χ1n) is 7.85. The Balaban J connectivity index is 1.89. The average Bonchev–Trinajstić information content (AvgIpc) is 2.64. The summed E-state index contributed by atoms with van der Waals surface area (Å²) in [7, 11) is -3.40. The lowest BCUT2D eigenvalue weighted by molar-refractivity contribution is -0.115. The summed E-state index contributed by atoms with van der Waals surface area (Å²) < 4.78 is 29.5. The van der Waals surface area contributed by atoms with Crippen LogP contribution in [-0.4, -0.2) is 38.4 Å². The summed E-state index contributed by atoms with van der Waals surface area (Å²) in [6.07, 6.45) is 0.194. The van der Waals surface area contributed by atoms with Crippen LogP contribution in [0.25, 0.3) is 0 Å².